The number of carbonyl (C=O) groups is 4. The molecular weight excluding hydrogens is 1220 g/mol. The molecule has 2 aliphatic carbocycles. The van der Waals surface area contributed by atoms with Crippen LogP contribution in [0.4, 0.5) is 32.9 Å². The summed E-state index contributed by atoms with van der Waals surface area (Å²) in [7, 11) is -3.89. The molecule has 91 heavy (non-hydrogen) atoms. The van der Waals surface area contributed by atoms with Gasteiger partial charge in [0.1, 0.15) is 11.2 Å². The van der Waals surface area contributed by atoms with Crippen LogP contribution in [0.5, 0.6) is 0 Å². The molecule has 0 unspecified atom stereocenters. The zero-order valence-electron chi connectivity index (χ0n) is 50.1. The fourth-order valence-electron chi connectivity index (χ4n) is 10.8. The van der Waals surface area contributed by atoms with E-state index in [9.17, 15) is 27.6 Å². The van der Waals surface area contributed by atoms with Crippen LogP contribution < -0.4 is 31.9 Å². The van der Waals surface area contributed by atoms with Gasteiger partial charge in [-0.05, 0) is 166 Å². The summed E-state index contributed by atoms with van der Waals surface area (Å²) < 4.78 is 39.1. The van der Waals surface area contributed by atoms with Crippen LogP contribution in [0.2, 0.25) is 10.0 Å². The molecule has 4 aromatic heterocycles. The second-order valence-electron chi connectivity index (χ2n) is 24.0. The molecule has 23 heteroatoms. The summed E-state index contributed by atoms with van der Waals surface area (Å²) in [6.07, 6.45) is 12.3. The van der Waals surface area contributed by atoms with E-state index in [-0.39, 0.29) is 60.8 Å². The number of carbonyl (C=O) groups excluding carboxylic acids is 4. The Hall–Kier alpha value is -9.05. The molecule has 0 aliphatic heterocycles. The van der Waals surface area contributed by atoms with E-state index in [0.717, 1.165) is 61.4 Å². The second-order valence-corrected chi connectivity index (χ2v) is 26.6. The van der Waals surface area contributed by atoms with Crippen molar-refractivity contribution in [2.45, 2.75) is 148 Å². The number of amides is 4. The molecule has 4 atom stereocenters. The summed E-state index contributed by atoms with van der Waals surface area (Å²) in [5.41, 5.74) is 4.96. The van der Waals surface area contributed by atoms with Crippen molar-refractivity contribution in [3.8, 4) is 22.5 Å². The fraction of sp³-hybridized carbons (Fsp3) is 0.324. The number of nitrogens with one attached hydrogen (secondary N) is 7. The zero-order chi connectivity index (χ0) is 63.0. The van der Waals surface area contributed by atoms with Crippen molar-refractivity contribution in [2.75, 3.05) is 21.3 Å². The first kappa shape index (κ1) is 67.9. The van der Waals surface area contributed by atoms with Crippen LogP contribution in [0, 0.1) is 0 Å². The molecule has 2 saturated carbocycles. The average Bonchev–Trinajstić information content (AvgIpc) is 1.62. The first-order chi connectivity index (χ1) is 42.5. The van der Waals surface area contributed by atoms with Crippen LogP contribution in [-0.4, -0.2) is 96.7 Å². The number of aromatic nitrogens is 6. The number of hydrogen-bond acceptors (Lipinski definition) is 14. The molecule has 0 saturated heterocycles. The van der Waals surface area contributed by atoms with Gasteiger partial charge in [0.2, 0.25) is 11.9 Å². The van der Waals surface area contributed by atoms with E-state index in [0.29, 0.717) is 73.7 Å². The van der Waals surface area contributed by atoms with Crippen LogP contribution in [-0.2, 0) is 19.5 Å². The van der Waals surface area contributed by atoms with Crippen LogP contribution in [0.25, 0.3) is 44.3 Å². The summed E-state index contributed by atoms with van der Waals surface area (Å²) in [5, 5.41) is 21.0. The number of benzene rings is 5. The van der Waals surface area contributed by atoms with Crippen molar-refractivity contribution in [3.05, 3.63) is 173 Å². The van der Waals surface area contributed by atoms with Gasteiger partial charge < -0.3 is 35.7 Å². The highest BCUT2D eigenvalue weighted by atomic mass is 35.5. The predicted octanol–water partition coefficient (Wildman–Crippen LogP) is 15.5. The maximum Gasteiger partial charge on any atom is 0.412 e. The minimum atomic E-state index is -3.89. The summed E-state index contributed by atoms with van der Waals surface area (Å²) in [6, 6.07) is 36.9. The quantitative estimate of drug-likeness (QED) is 0.0534. The van der Waals surface area contributed by atoms with Gasteiger partial charge >= 0.3 is 12.2 Å². The van der Waals surface area contributed by atoms with Crippen molar-refractivity contribution < 1.29 is 37.1 Å². The zero-order valence-corrected chi connectivity index (χ0v) is 52.4. The van der Waals surface area contributed by atoms with Crippen LogP contribution in [0.15, 0.2) is 157 Å². The highest BCUT2D eigenvalue weighted by Gasteiger charge is 2.29. The Morgan fingerprint density at radius 1 is 0.560 bits per heavy atom. The topological polar surface area (TPSA) is 265 Å². The number of aromatic amines is 1. The molecule has 4 amide bonds. The number of para-hydroxylation sites is 2. The van der Waals surface area contributed by atoms with E-state index in [4.69, 9.17) is 42.6 Å². The van der Waals surface area contributed by atoms with Crippen LogP contribution in [0.1, 0.15) is 128 Å². The smallest absolute Gasteiger partial charge is 0.412 e. The van der Waals surface area contributed by atoms with Crippen molar-refractivity contribution in [1.29, 1.82) is 0 Å². The molecule has 5 aromatic carbocycles. The van der Waals surface area contributed by atoms with E-state index in [2.05, 4.69) is 46.9 Å². The van der Waals surface area contributed by atoms with Gasteiger partial charge in [-0.25, -0.2) is 41.9 Å². The lowest BCUT2D eigenvalue weighted by Gasteiger charge is -2.30. The minimum Gasteiger partial charge on any atom is -0.444 e. The predicted molar refractivity (Wildman–Crippen MR) is 362 cm³/mol. The van der Waals surface area contributed by atoms with E-state index in [1.807, 2.05) is 42.6 Å². The number of anilines is 4. The number of ether oxygens (including phenoxy) is 2. The summed E-state index contributed by atoms with van der Waals surface area (Å²) >= 11 is 13.1. The molecule has 2 fully saturated rings. The summed E-state index contributed by atoms with van der Waals surface area (Å²) in [5.74, 6) is 0.502. The number of halogens is 2. The van der Waals surface area contributed by atoms with Gasteiger partial charge in [-0.2, -0.15) is 0 Å². The number of H-pyrrole nitrogens is 1. The number of nitrogens with zero attached hydrogens (tertiary/aromatic N) is 5. The molecule has 478 valence electrons. The van der Waals surface area contributed by atoms with Gasteiger partial charge in [-0.3, -0.25) is 20.2 Å². The second kappa shape index (κ2) is 29.3. The average molecular weight is 1290 g/mol. The molecule has 7 N–H and O–H groups in total. The lowest BCUT2D eigenvalue weighted by molar-refractivity contribution is 0.0624. The van der Waals surface area contributed by atoms with E-state index < -0.39 is 33.4 Å². The summed E-state index contributed by atoms with van der Waals surface area (Å²) in [6.45, 7) is 10.8. The Morgan fingerprint density at radius 3 is 1.49 bits per heavy atom. The third kappa shape index (κ3) is 17.5. The molecule has 2 aliphatic rings. The Morgan fingerprint density at radius 2 is 1.00 bits per heavy atom. The SMILES string of the molecule is C.C.CC(C)(C)OC(=O)Nc1ccc(C(=O)N[C@H]2CCC[C@@H](Nc3ncc(Cl)c(-c4c[nH]c5ccccc45)n3)C2)cc1.CC(C)(C)OC(=O)Nc1ccc(C(=O)N[C@H]2CCC[C@@H](Nc3ncc(Cl)c(-c4cn(S(=O)(=O)c5ccccc5)c5ccccc45)n3)C2)cc1. The van der Waals surface area contributed by atoms with Gasteiger partial charge in [-0.1, -0.05) is 92.7 Å². The lowest BCUT2D eigenvalue weighted by atomic mass is 9.91. The van der Waals surface area contributed by atoms with Gasteiger partial charge in [0.05, 0.1) is 44.2 Å². The summed E-state index contributed by atoms with van der Waals surface area (Å²) in [4.78, 5) is 71.8. The number of hydrogen-bond donors (Lipinski definition) is 7. The van der Waals surface area contributed by atoms with Crippen molar-refractivity contribution in [2.24, 2.45) is 0 Å². The first-order valence-electron chi connectivity index (χ1n) is 29.4. The van der Waals surface area contributed by atoms with Crippen molar-refractivity contribution >= 4 is 102 Å². The molecular formula is C68H78Cl2N12O8S. The largest absolute Gasteiger partial charge is 0.444 e. The third-order valence-corrected chi connectivity index (χ3v) is 17.1. The molecule has 20 nitrogen and oxygen atoms in total. The van der Waals surface area contributed by atoms with E-state index in [1.165, 1.54) is 10.2 Å². The van der Waals surface area contributed by atoms with Gasteiger partial charge in [0, 0.05) is 86.5 Å². The first-order valence-corrected chi connectivity index (χ1v) is 31.6. The fourth-order valence-corrected chi connectivity index (χ4v) is 12.6. The highest BCUT2D eigenvalue weighted by molar-refractivity contribution is 7.90. The third-order valence-electron chi connectivity index (χ3n) is 14.8. The van der Waals surface area contributed by atoms with Gasteiger partial charge in [-0.15, -0.1) is 0 Å². The normalized spacial score (nSPS) is 16.5. The van der Waals surface area contributed by atoms with Crippen LogP contribution >= 0.6 is 23.2 Å². The molecule has 0 radical (unpaired) electrons. The Bertz CT molecular complexity index is 4130. The van der Waals surface area contributed by atoms with Crippen molar-refractivity contribution in [1.82, 2.24) is 39.5 Å². The minimum absolute atomic E-state index is 0. The molecule has 9 aromatic rings. The van der Waals surface area contributed by atoms with Crippen LogP contribution in [0.3, 0.4) is 0 Å². The Balaban J connectivity index is 0.000000234. The molecule has 4 heterocycles. The highest BCUT2D eigenvalue weighted by Crippen LogP contribution is 2.37. The lowest BCUT2D eigenvalue weighted by Crippen LogP contribution is -2.42. The van der Waals surface area contributed by atoms with Gasteiger partial charge in [0.15, 0.2) is 0 Å². The molecule has 0 spiro atoms. The molecule has 0 bridgehead atoms. The Labute approximate surface area is 541 Å². The maximum atomic E-state index is 13.6. The Kier molecular flexibility index (Phi) is 21.8. The number of fused-ring (bicyclic) bond motifs is 2. The monoisotopic (exact) mass is 1290 g/mol. The molecule has 11 rings (SSSR count). The standard InChI is InChI=1S/C36H37ClN6O5S.C30H33ClN6O3.2CH4/c1-36(2,3)48-35(45)41-24-18-16-23(17-19-24)33(44)39-25-10-9-11-26(20-25)40-34-38-21-30(37)32(42-34)29-22-43(31-15-8-7-14-28(29)31)49(46,47)27-12-5-4-6-13-27;1-30(2,3)40-29(39)36-19-13-11-18(12-14-19)27(38)34-20-7-6-8-21(15-20)35-28-33-17-24(31)26(37-28)23-16-32-25-10-5-4-9-22(23)25;;/h4-8,12-19,21-22,25-26H,9-11,20H2,1-3H3,(H,39,44)(H,41,45)(H,38,40,42);4-5,9-14,16-17,20-21,32H,6-8,15H2,1-3H3,(H,34,38)(H,36,39)(H,33,35,37);2*1H4/t25-,26+;20-,21+;;/m00../s1. The van der Waals surface area contributed by atoms with E-state index in [1.54, 1.807) is 145 Å². The van der Waals surface area contributed by atoms with Gasteiger partial charge in [0.25, 0.3) is 21.8 Å². The van der Waals surface area contributed by atoms with E-state index >= 15 is 0 Å². The maximum absolute atomic E-state index is 13.6. The van der Waals surface area contributed by atoms with Crippen molar-refractivity contribution in [3.63, 3.8) is 0 Å². The number of rotatable bonds is 14.